The van der Waals surface area contributed by atoms with Gasteiger partial charge in [0.25, 0.3) is 0 Å². The van der Waals surface area contributed by atoms with Gasteiger partial charge in [-0.05, 0) is 44.7 Å². The van der Waals surface area contributed by atoms with E-state index in [4.69, 9.17) is 5.73 Å². The molecule has 3 unspecified atom stereocenters. The van der Waals surface area contributed by atoms with Crippen LogP contribution >= 0.6 is 0 Å². The first kappa shape index (κ1) is 15.0. The summed E-state index contributed by atoms with van der Waals surface area (Å²) in [5, 5.41) is 3.14. The summed E-state index contributed by atoms with van der Waals surface area (Å²) in [7, 11) is 0. The number of carbonyl (C=O) groups is 1. The fourth-order valence-electron chi connectivity index (χ4n) is 3.19. The summed E-state index contributed by atoms with van der Waals surface area (Å²) in [6.45, 7) is 6.22. The maximum absolute atomic E-state index is 12.4. The minimum absolute atomic E-state index is 0.0167. The number of hydrogen-bond donors (Lipinski definition) is 2. The van der Waals surface area contributed by atoms with Gasteiger partial charge in [-0.1, -0.05) is 36.6 Å². The zero-order chi connectivity index (χ0) is 14.7. The molecule has 3 N–H and O–H groups in total. The van der Waals surface area contributed by atoms with Gasteiger partial charge < -0.3 is 11.1 Å². The molecule has 0 aromatic heterocycles. The van der Waals surface area contributed by atoms with E-state index < -0.39 is 0 Å². The van der Waals surface area contributed by atoms with Crippen LogP contribution < -0.4 is 11.1 Å². The molecule has 1 aliphatic rings. The maximum Gasteiger partial charge on any atom is 0.225 e. The average molecular weight is 274 g/mol. The van der Waals surface area contributed by atoms with Gasteiger partial charge in [-0.25, -0.2) is 0 Å². The van der Waals surface area contributed by atoms with Crippen molar-refractivity contribution in [2.45, 2.75) is 58.5 Å². The van der Waals surface area contributed by atoms with Crippen molar-refractivity contribution >= 4 is 5.91 Å². The number of carbonyl (C=O) groups excluding carboxylic acids is 1. The Hall–Kier alpha value is -1.35. The predicted molar refractivity (Wildman–Crippen MR) is 82.4 cm³/mol. The lowest BCUT2D eigenvalue weighted by Crippen LogP contribution is -2.44. The standard InChI is InChI=1S/C17H26N2O/c1-11-8-9-14(12(2)10-11)13(3)19-17(20)15-6-4-5-7-16(15)18/h8-10,13,15-16H,4-7,18H2,1-3H3,(H,19,20). The Labute approximate surface area is 121 Å². The second kappa shape index (κ2) is 6.40. The van der Waals surface area contributed by atoms with Crippen molar-refractivity contribution in [2.75, 3.05) is 0 Å². The summed E-state index contributed by atoms with van der Waals surface area (Å²) < 4.78 is 0. The molecular weight excluding hydrogens is 248 g/mol. The summed E-state index contributed by atoms with van der Waals surface area (Å²) in [6, 6.07) is 6.42. The lowest BCUT2D eigenvalue weighted by molar-refractivity contribution is -0.127. The Kier molecular flexibility index (Phi) is 4.81. The third-order valence-electron chi connectivity index (χ3n) is 4.41. The molecule has 3 nitrogen and oxygen atoms in total. The second-order valence-electron chi connectivity index (χ2n) is 6.15. The molecule has 0 spiro atoms. The van der Waals surface area contributed by atoms with E-state index in [9.17, 15) is 4.79 Å². The first-order valence-corrected chi connectivity index (χ1v) is 7.62. The predicted octanol–water partition coefficient (Wildman–Crippen LogP) is 3.00. The van der Waals surface area contributed by atoms with Crippen LogP contribution in [0.4, 0.5) is 0 Å². The van der Waals surface area contributed by atoms with Crippen LogP contribution in [0.3, 0.4) is 0 Å². The van der Waals surface area contributed by atoms with Gasteiger partial charge in [0.2, 0.25) is 5.91 Å². The van der Waals surface area contributed by atoms with Crippen LogP contribution in [0.25, 0.3) is 0 Å². The van der Waals surface area contributed by atoms with E-state index in [1.807, 2.05) is 6.92 Å². The molecular formula is C17H26N2O. The molecule has 1 saturated carbocycles. The summed E-state index contributed by atoms with van der Waals surface area (Å²) in [4.78, 5) is 12.4. The molecule has 110 valence electrons. The molecule has 0 aliphatic heterocycles. The number of nitrogens with one attached hydrogen (secondary N) is 1. The van der Waals surface area contributed by atoms with Crippen molar-refractivity contribution in [1.82, 2.24) is 5.32 Å². The molecule has 1 aromatic carbocycles. The minimum atomic E-state index is -0.0167. The molecule has 0 bridgehead atoms. The lowest BCUT2D eigenvalue weighted by atomic mass is 9.84. The first-order valence-electron chi connectivity index (χ1n) is 7.62. The van der Waals surface area contributed by atoms with E-state index in [2.05, 4.69) is 37.4 Å². The highest BCUT2D eigenvalue weighted by atomic mass is 16.2. The molecule has 3 atom stereocenters. The molecule has 1 aromatic rings. The smallest absolute Gasteiger partial charge is 0.225 e. The lowest BCUT2D eigenvalue weighted by Gasteiger charge is -2.29. The SMILES string of the molecule is Cc1ccc(C(C)NC(=O)C2CCCCC2N)c(C)c1. The number of hydrogen-bond acceptors (Lipinski definition) is 2. The Bertz CT molecular complexity index is 484. The van der Waals surface area contributed by atoms with Gasteiger partial charge in [-0.3, -0.25) is 4.79 Å². The fourth-order valence-corrected chi connectivity index (χ4v) is 3.19. The number of aryl methyl sites for hydroxylation is 2. The third-order valence-corrected chi connectivity index (χ3v) is 4.41. The van der Waals surface area contributed by atoms with E-state index in [1.165, 1.54) is 16.7 Å². The Morgan fingerprint density at radius 1 is 1.30 bits per heavy atom. The summed E-state index contributed by atoms with van der Waals surface area (Å²) in [5.41, 5.74) is 9.75. The van der Waals surface area contributed by atoms with Crippen molar-refractivity contribution < 1.29 is 4.79 Å². The van der Waals surface area contributed by atoms with Crippen molar-refractivity contribution in [3.05, 3.63) is 34.9 Å². The highest BCUT2D eigenvalue weighted by molar-refractivity contribution is 5.80. The van der Waals surface area contributed by atoms with Gasteiger partial charge >= 0.3 is 0 Å². The van der Waals surface area contributed by atoms with Gasteiger partial charge in [0.05, 0.1) is 12.0 Å². The summed E-state index contributed by atoms with van der Waals surface area (Å²) in [5.74, 6) is 0.0987. The van der Waals surface area contributed by atoms with Crippen LogP contribution in [-0.4, -0.2) is 11.9 Å². The molecule has 0 radical (unpaired) electrons. The second-order valence-corrected chi connectivity index (χ2v) is 6.15. The van der Waals surface area contributed by atoms with Gasteiger partial charge in [-0.15, -0.1) is 0 Å². The van der Waals surface area contributed by atoms with Crippen LogP contribution in [0.1, 0.15) is 55.3 Å². The quantitative estimate of drug-likeness (QED) is 0.890. The zero-order valence-corrected chi connectivity index (χ0v) is 12.8. The average Bonchev–Trinajstić information content (AvgIpc) is 2.38. The number of nitrogens with two attached hydrogens (primary N) is 1. The van der Waals surface area contributed by atoms with Crippen molar-refractivity contribution in [3.63, 3.8) is 0 Å². The van der Waals surface area contributed by atoms with Gasteiger partial charge in [0.1, 0.15) is 0 Å². The largest absolute Gasteiger partial charge is 0.349 e. The molecule has 2 rings (SSSR count). The van der Waals surface area contributed by atoms with Crippen molar-refractivity contribution in [2.24, 2.45) is 11.7 Å². The third kappa shape index (κ3) is 3.40. The molecule has 0 saturated heterocycles. The van der Waals surface area contributed by atoms with Gasteiger partial charge in [0, 0.05) is 6.04 Å². The normalized spacial score (nSPS) is 24.2. The van der Waals surface area contributed by atoms with E-state index in [1.54, 1.807) is 0 Å². The van der Waals surface area contributed by atoms with Crippen molar-refractivity contribution in [1.29, 1.82) is 0 Å². The van der Waals surface area contributed by atoms with Crippen LogP contribution in [-0.2, 0) is 4.79 Å². The van der Waals surface area contributed by atoms with E-state index in [0.29, 0.717) is 0 Å². The van der Waals surface area contributed by atoms with Gasteiger partial charge in [0.15, 0.2) is 0 Å². The number of rotatable bonds is 3. The highest BCUT2D eigenvalue weighted by Crippen LogP contribution is 2.25. The molecule has 1 amide bonds. The number of amides is 1. The molecule has 20 heavy (non-hydrogen) atoms. The molecule has 1 aliphatic carbocycles. The topological polar surface area (TPSA) is 55.1 Å². The summed E-state index contributed by atoms with van der Waals surface area (Å²) in [6.07, 6.45) is 4.16. The Morgan fingerprint density at radius 3 is 2.65 bits per heavy atom. The van der Waals surface area contributed by atoms with Crippen LogP contribution in [0.5, 0.6) is 0 Å². The monoisotopic (exact) mass is 274 g/mol. The highest BCUT2D eigenvalue weighted by Gasteiger charge is 2.29. The van der Waals surface area contributed by atoms with Crippen LogP contribution in [0, 0.1) is 19.8 Å². The fraction of sp³-hybridized carbons (Fsp3) is 0.588. The Balaban J connectivity index is 2.03. The van der Waals surface area contributed by atoms with Crippen LogP contribution in [0.15, 0.2) is 18.2 Å². The summed E-state index contributed by atoms with van der Waals surface area (Å²) >= 11 is 0. The van der Waals surface area contributed by atoms with Gasteiger partial charge in [-0.2, -0.15) is 0 Å². The minimum Gasteiger partial charge on any atom is -0.349 e. The van der Waals surface area contributed by atoms with E-state index >= 15 is 0 Å². The maximum atomic E-state index is 12.4. The zero-order valence-electron chi connectivity index (χ0n) is 12.8. The van der Waals surface area contributed by atoms with E-state index in [0.717, 1.165) is 25.7 Å². The van der Waals surface area contributed by atoms with Crippen molar-refractivity contribution in [3.8, 4) is 0 Å². The first-order chi connectivity index (χ1) is 9.49. The molecule has 1 fully saturated rings. The van der Waals surface area contributed by atoms with Crippen LogP contribution in [0.2, 0.25) is 0 Å². The molecule has 3 heteroatoms. The molecule has 0 heterocycles. The van der Waals surface area contributed by atoms with E-state index in [-0.39, 0.29) is 23.9 Å². The number of benzene rings is 1. The Morgan fingerprint density at radius 2 is 2.00 bits per heavy atom.